The predicted octanol–water partition coefficient (Wildman–Crippen LogP) is 3.95. The Hall–Kier alpha value is -3.68. The van der Waals surface area contributed by atoms with Crippen molar-refractivity contribution in [3.05, 3.63) is 60.6 Å². The van der Waals surface area contributed by atoms with Gasteiger partial charge in [0.25, 0.3) is 0 Å². The SMILES string of the molecule is CC(=O)NC(C)CC(=O)c1cnn(-c2ccc(Oc3cccc(OCC4CC4)c3)nc2)c1. The van der Waals surface area contributed by atoms with Gasteiger partial charge in [-0.1, -0.05) is 6.07 Å². The van der Waals surface area contributed by atoms with Crippen molar-refractivity contribution in [1.82, 2.24) is 20.1 Å². The van der Waals surface area contributed by atoms with Crippen molar-refractivity contribution in [2.75, 3.05) is 6.61 Å². The number of amides is 1. The second kappa shape index (κ2) is 9.64. The van der Waals surface area contributed by atoms with E-state index < -0.39 is 0 Å². The normalized spacial score (nSPS) is 13.9. The van der Waals surface area contributed by atoms with Crippen LogP contribution in [0.5, 0.6) is 17.4 Å². The van der Waals surface area contributed by atoms with Crippen molar-refractivity contribution >= 4 is 11.7 Å². The summed E-state index contributed by atoms with van der Waals surface area (Å²) >= 11 is 0. The molecule has 0 saturated heterocycles. The van der Waals surface area contributed by atoms with E-state index in [0.29, 0.717) is 28.8 Å². The molecular formula is C24H26N4O4. The van der Waals surface area contributed by atoms with Gasteiger partial charge < -0.3 is 14.8 Å². The van der Waals surface area contributed by atoms with E-state index in [1.165, 1.54) is 26.0 Å². The van der Waals surface area contributed by atoms with Gasteiger partial charge in [0.2, 0.25) is 11.8 Å². The number of ketones is 1. The molecule has 1 atom stereocenters. The van der Waals surface area contributed by atoms with Crippen molar-refractivity contribution in [1.29, 1.82) is 0 Å². The van der Waals surface area contributed by atoms with E-state index in [1.54, 1.807) is 30.1 Å². The number of benzene rings is 1. The molecule has 0 bridgehead atoms. The third-order valence-electron chi connectivity index (χ3n) is 5.04. The summed E-state index contributed by atoms with van der Waals surface area (Å²) in [6, 6.07) is 10.8. The van der Waals surface area contributed by atoms with Crippen molar-refractivity contribution in [2.24, 2.45) is 5.92 Å². The summed E-state index contributed by atoms with van der Waals surface area (Å²) in [4.78, 5) is 27.9. The molecular weight excluding hydrogens is 408 g/mol. The van der Waals surface area contributed by atoms with Gasteiger partial charge in [-0.2, -0.15) is 5.10 Å². The molecule has 8 nitrogen and oxygen atoms in total. The topological polar surface area (TPSA) is 95.3 Å². The molecule has 1 aromatic carbocycles. The predicted molar refractivity (Wildman–Crippen MR) is 118 cm³/mol. The number of rotatable bonds is 10. The molecule has 4 rings (SSSR count). The van der Waals surface area contributed by atoms with Gasteiger partial charge in [0.1, 0.15) is 11.5 Å². The van der Waals surface area contributed by atoms with Crippen LogP contribution in [0.1, 0.15) is 43.5 Å². The van der Waals surface area contributed by atoms with Gasteiger partial charge in [0, 0.05) is 37.7 Å². The van der Waals surface area contributed by atoms with Gasteiger partial charge in [0.05, 0.1) is 30.3 Å². The van der Waals surface area contributed by atoms with Crippen LogP contribution >= 0.6 is 0 Å². The van der Waals surface area contributed by atoms with E-state index in [1.807, 2.05) is 30.3 Å². The molecule has 1 aliphatic rings. The maximum absolute atomic E-state index is 12.4. The van der Waals surface area contributed by atoms with Crippen molar-refractivity contribution in [2.45, 2.75) is 39.2 Å². The molecule has 1 unspecified atom stereocenters. The summed E-state index contributed by atoms with van der Waals surface area (Å²) in [5.74, 6) is 2.32. The Kier molecular flexibility index (Phi) is 6.49. The van der Waals surface area contributed by atoms with E-state index in [2.05, 4.69) is 15.4 Å². The third kappa shape index (κ3) is 5.94. The second-order valence-electron chi connectivity index (χ2n) is 8.09. The fourth-order valence-electron chi connectivity index (χ4n) is 3.22. The Bertz CT molecular complexity index is 1090. The Labute approximate surface area is 186 Å². The fraction of sp³-hybridized carbons (Fsp3) is 0.333. The number of ether oxygens (including phenoxy) is 2. The summed E-state index contributed by atoms with van der Waals surface area (Å²) in [6.45, 7) is 3.97. The summed E-state index contributed by atoms with van der Waals surface area (Å²) < 4.78 is 13.2. The van der Waals surface area contributed by atoms with Crippen molar-refractivity contribution in [3.8, 4) is 23.1 Å². The van der Waals surface area contributed by atoms with Crippen LogP contribution in [0.25, 0.3) is 5.69 Å². The van der Waals surface area contributed by atoms with Crippen LogP contribution in [-0.4, -0.2) is 39.1 Å². The van der Waals surface area contributed by atoms with Crippen LogP contribution in [-0.2, 0) is 4.79 Å². The van der Waals surface area contributed by atoms with Crippen LogP contribution in [0.15, 0.2) is 55.0 Å². The van der Waals surface area contributed by atoms with Crippen molar-refractivity contribution < 1.29 is 19.1 Å². The quantitative estimate of drug-likeness (QED) is 0.486. The first-order valence-corrected chi connectivity index (χ1v) is 10.7. The number of pyridine rings is 1. The number of hydrogen-bond acceptors (Lipinski definition) is 6. The minimum atomic E-state index is -0.237. The molecule has 0 radical (unpaired) electrons. The van der Waals surface area contributed by atoms with Gasteiger partial charge in [0.15, 0.2) is 5.78 Å². The highest BCUT2D eigenvalue weighted by Crippen LogP contribution is 2.30. The minimum absolute atomic E-state index is 0.0887. The maximum Gasteiger partial charge on any atom is 0.219 e. The molecule has 166 valence electrons. The standard InChI is InChI=1S/C24H26N4O4/c1-16(27-17(2)29)10-23(30)19-12-26-28(14-19)20-8-9-24(25-13-20)32-22-5-3-4-21(11-22)31-15-18-6-7-18/h3-5,8-9,11-14,16,18H,6-7,10,15H2,1-2H3,(H,27,29). The highest BCUT2D eigenvalue weighted by molar-refractivity contribution is 5.96. The molecule has 32 heavy (non-hydrogen) atoms. The third-order valence-corrected chi connectivity index (χ3v) is 5.04. The van der Waals surface area contributed by atoms with E-state index in [4.69, 9.17) is 9.47 Å². The number of hydrogen-bond donors (Lipinski definition) is 1. The Morgan fingerprint density at radius 2 is 2.00 bits per heavy atom. The monoisotopic (exact) mass is 434 g/mol. The number of nitrogens with zero attached hydrogens (tertiary/aromatic N) is 3. The molecule has 0 aliphatic heterocycles. The van der Waals surface area contributed by atoms with Gasteiger partial charge in [-0.25, -0.2) is 9.67 Å². The summed E-state index contributed by atoms with van der Waals surface area (Å²) in [5.41, 5.74) is 1.18. The van der Waals surface area contributed by atoms with E-state index >= 15 is 0 Å². The smallest absolute Gasteiger partial charge is 0.219 e. The lowest BCUT2D eigenvalue weighted by Gasteiger charge is -2.10. The average Bonchev–Trinajstić information content (AvgIpc) is 3.46. The van der Waals surface area contributed by atoms with Gasteiger partial charge in [-0.05, 0) is 43.9 Å². The summed E-state index contributed by atoms with van der Waals surface area (Å²) in [5, 5.41) is 6.96. The molecule has 1 aliphatic carbocycles. The average molecular weight is 434 g/mol. The lowest BCUT2D eigenvalue weighted by Crippen LogP contribution is -2.32. The first-order valence-electron chi connectivity index (χ1n) is 10.7. The van der Waals surface area contributed by atoms with Gasteiger partial charge >= 0.3 is 0 Å². The summed E-state index contributed by atoms with van der Waals surface area (Å²) in [7, 11) is 0. The lowest BCUT2D eigenvalue weighted by atomic mass is 10.1. The molecule has 1 N–H and O–H groups in total. The maximum atomic E-state index is 12.4. The Balaban J connectivity index is 1.36. The first-order chi connectivity index (χ1) is 15.5. The first kappa shape index (κ1) is 21.5. The number of nitrogens with one attached hydrogen (secondary N) is 1. The molecule has 1 fully saturated rings. The zero-order valence-corrected chi connectivity index (χ0v) is 18.2. The van der Waals surface area contributed by atoms with Crippen molar-refractivity contribution in [3.63, 3.8) is 0 Å². The zero-order chi connectivity index (χ0) is 22.5. The van der Waals surface area contributed by atoms with E-state index in [-0.39, 0.29) is 24.2 Å². The number of carbonyl (C=O) groups is 2. The number of carbonyl (C=O) groups excluding carboxylic acids is 2. The highest BCUT2D eigenvalue weighted by Gasteiger charge is 2.22. The molecule has 2 aromatic heterocycles. The zero-order valence-electron chi connectivity index (χ0n) is 18.2. The molecule has 1 saturated carbocycles. The van der Waals surface area contributed by atoms with Gasteiger partial charge in [-0.3, -0.25) is 9.59 Å². The molecule has 3 aromatic rings. The van der Waals surface area contributed by atoms with E-state index in [0.717, 1.165) is 12.4 Å². The number of aromatic nitrogens is 3. The Morgan fingerprint density at radius 1 is 1.19 bits per heavy atom. The minimum Gasteiger partial charge on any atom is -0.493 e. The lowest BCUT2D eigenvalue weighted by molar-refractivity contribution is -0.119. The van der Waals surface area contributed by atoms with Gasteiger partial charge in [-0.15, -0.1) is 0 Å². The molecule has 0 spiro atoms. The van der Waals surface area contributed by atoms with Crippen LogP contribution in [0.3, 0.4) is 0 Å². The molecule has 1 amide bonds. The van der Waals surface area contributed by atoms with E-state index in [9.17, 15) is 9.59 Å². The fourth-order valence-corrected chi connectivity index (χ4v) is 3.22. The van der Waals surface area contributed by atoms with Crippen LogP contribution in [0.2, 0.25) is 0 Å². The van der Waals surface area contributed by atoms with Crippen LogP contribution in [0.4, 0.5) is 0 Å². The number of Topliss-reactive ketones (excluding diaryl/α,β-unsaturated/α-hetero) is 1. The molecule has 8 heteroatoms. The largest absolute Gasteiger partial charge is 0.493 e. The van der Waals surface area contributed by atoms with Crippen LogP contribution in [0, 0.1) is 5.92 Å². The second-order valence-corrected chi connectivity index (χ2v) is 8.09. The molecule has 2 heterocycles. The summed E-state index contributed by atoms with van der Waals surface area (Å²) in [6.07, 6.45) is 7.49. The highest BCUT2D eigenvalue weighted by atomic mass is 16.5. The Morgan fingerprint density at radius 3 is 2.72 bits per heavy atom. The van der Waals surface area contributed by atoms with Crippen LogP contribution < -0.4 is 14.8 Å².